The fourth-order valence-corrected chi connectivity index (χ4v) is 0.981. The number of hydrogen-bond acceptors (Lipinski definition) is 1. The maximum absolute atomic E-state index is 12.5. The number of nitrogens with zero attached hydrogens (tertiary/aromatic N) is 1. The van der Waals surface area contributed by atoms with Gasteiger partial charge in [-0.2, -0.15) is 13.2 Å². The van der Waals surface area contributed by atoms with E-state index in [1.54, 1.807) is 30.3 Å². The highest BCUT2D eigenvalue weighted by molar-refractivity contribution is 5.48. The van der Waals surface area contributed by atoms with Gasteiger partial charge < -0.3 is 4.90 Å². The lowest BCUT2D eigenvalue weighted by molar-refractivity contribution is -0.109. The predicted molar refractivity (Wildman–Crippen MR) is 50.1 cm³/mol. The smallest absolute Gasteiger partial charge is 0.348 e. The molecule has 5 heteroatoms. The molecule has 0 heterocycles. The molecule has 0 unspecified atom stereocenters. The highest BCUT2D eigenvalue weighted by Gasteiger charge is 2.34. The van der Waals surface area contributed by atoms with Crippen LogP contribution >= 0.6 is 0 Å². The second-order valence-electron chi connectivity index (χ2n) is 2.92. The van der Waals surface area contributed by atoms with Crippen LogP contribution in [-0.2, 0) is 0 Å². The summed E-state index contributed by atoms with van der Waals surface area (Å²) in [5, 5.41) is 0. The monoisotopic (exact) mass is 219 g/mol. The summed E-state index contributed by atoms with van der Waals surface area (Å²) in [4.78, 5) is 1.07. The Labute approximate surface area is 84.6 Å². The lowest BCUT2D eigenvalue weighted by Crippen LogP contribution is -2.15. The van der Waals surface area contributed by atoms with E-state index in [0.717, 1.165) is 4.90 Å². The van der Waals surface area contributed by atoms with E-state index in [9.17, 15) is 17.6 Å². The molecule has 0 atom stereocenters. The van der Waals surface area contributed by atoms with Crippen LogP contribution in [0.2, 0.25) is 0 Å². The number of benzene rings is 1. The molecule has 0 saturated carbocycles. The Hall–Kier alpha value is -1.52. The molecule has 0 spiro atoms. The Balaban J connectivity index is 2.84. The van der Waals surface area contributed by atoms with E-state index in [1.165, 1.54) is 7.05 Å². The molecule has 0 fully saturated rings. The van der Waals surface area contributed by atoms with Crippen LogP contribution < -0.4 is 4.90 Å². The van der Waals surface area contributed by atoms with Gasteiger partial charge in [-0.3, -0.25) is 0 Å². The Kier molecular flexibility index (Phi) is 3.34. The zero-order valence-electron chi connectivity index (χ0n) is 7.92. The molecule has 0 N–H and O–H groups in total. The lowest BCUT2D eigenvalue weighted by atomic mass is 10.3. The summed E-state index contributed by atoms with van der Waals surface area (Å²) in [5.74, 6) is -2.12. The molecule has 0 aromatic heterocycles. The molecule has 15 heavy (non-hydrogen) atoms. The van der Waals surface area contributed by atoms with Crippen molar-refractivity contribution >= 4 is 5.69 Å². The summed E-state index contributed by atoms with van der Waals surface area (Å²) in [6.45, 7) is 0. The van der Waals surface area contributed by atoms with Gasteiger partial charge in [-0.25, -0.2) is 4.39 Å². The third-order valence-corrected chi connectivity index (χ3v) is 1.74. The van der Waals surface area contributed by atoms with Crippen molar-refractivity contribution in [2.75, 3.05) is 11.9 Å². The third kappa shape index (κ3) is 3.27. The molecule has 0 bridgehead atoms. The maximum Gasteiger partial charge on any atom is 0.444 e. The van der Waals surface area contributed by atoms with Crippen molar-refractivity contribution in [1.82, 2.24) is 0 Å². The van der Waals surface area contributed by atoms with Gasteiger partial charge in [0.15, 0.2) is 0 Å². The molecular weight excluding hydrogens is 210 g/mol. The summed E-state index contributed by atoms with van der Waals surface area (Å²) in [6, 6.07) is 8.21. The van der Waals surface area contributed by atoms with Crippen LogP contribution in [-0.4, -0.2) is 13.2 Å². The van der Waals surface area contributed by atoms with Crippen molar-refractivity contribution in [3.05, 3.63) is 42.4 Å². The van der Waals surface area contributed by atoms with E-state index >= 15 is 0 Å². The summed E-state index contributed by atoms with van der Waals surface area (Å²) in [7, 11) is 1.35. The topological polar surface area (TPSA) is 3.24 Å². The van der Waals surface area contributed by atoms with Crippen LogP contribution in [0.3, 0.4) is 0 Å². The first-order valence-corrected chi connectivity index (χ1v) is 4.13. The molecule has 0 amide bonds. The fraction of sp³-hybridized carbons (Fsp3) is 0.200. The van der Waals surface area contributed by atoms with Crippen molar-refractivity contribution < 1.29 is 17.6 Å². The Morgan fingerprint density at radius 1 is 1.20 bits per heavy atom. The number of para-hydroxylation sites is 1. The Morgan fingerprint density at radius 2 is 1.73 bits per heavy atom. The predicted octanol–water partition coefficient (Wildman–Crippen LogP) is 3.50. The highest BCUT2D eigenvalue weighted by Crippen LogP contribution is 2.27. The minimum Gasteiger partial charge on any atom is -0.348 e. The Bertz CT molecular complexity index is 342. The van der Waals surface area contributed by atoms with Crippen LogP contribution in [0.5, 0.6) is 0 Å². The Morgan fingerprint density at radius 3 is 2.20 bits per heavy atom. The first-order valence-electron chi connectivity index (χ1n) is 4.13. The van der Waals surface area contributed by atoms with Crippen LogP contribution in [0.25, 0.3) is 0 Å². The van der Waals surface area contributed by atoms with Crippen molar-refractivity contribution in [1.29, 1.82) is 0 Å². The van der Waals surface area contributed by atoms with E-state index < -0.39 is 12.0 Å². The fourth-order valence-electron chi connectivity index (χ4n) is 0.981. The first kappa shape index (κ1) is 11.6. The third-order valence-electron chi connectivity index (χ3n) is 1.74. The van der Waals surface area contributed by atoms with Gasteiger partial charge in [-0.05, 0) is 12.1 Å². The molecule has 1 aromatic rings. The van der Waals surface area contributed by atoms with Crippen molar-refractivity contribution in [3.63, 3.8) is 0 Å². The van der Waals surface area contributed by atoms with Gasteiger partial charge in [0.1, 0.15) is 0 Å². The molecule has 0 aliphatic heterocycles. The number of rotatable bonds is 2. The van der Waals surface area contributed by atoms with Gasteiger partial charge in [0.25, 0.3) is 0 Å². The van der Waals surface area contributed by atoms with Crippen LogP contribution in [0.1, 0.15) is 0 Å². The molecule has 0 saturated heterocycles. The number of allylic oxidation sites excluding steroid dienone is 1. The molecule has 1 nitrogen and oxygen atoms in total. The van der Waals surface area contributed by atoms with Crippen LogP contribution in [0.15, 0.2) is 42.4 Å². The first-order chi connectivity index (χ1) is 6.91. The zero-order chi connectivity index (χ0) is 11.5. The van der Waals surface area contributed by atoms with Crippen molar-refractivity contribution in [2.24, 2.45) is 0 Å². The number of anilines is 1. The number of halogens is 4. The van der Waals surface area contributed by atoms with Crippen molar-refractivity contribution in [3.8, 4) is 0 Å². The van der Waals surface area contributed by atoms with E-state index in [0.29, 0.717) is 11.9 Å². The quantitative estimate of drug-likeness (QED) is 0.688. The van der Waals surface area contributed by atoms with Gasteiger partial charge in [0, 0.05) is 18.9 Å². The maximum atomic E-state index is 12.5. The van der Waals surface area contributed by atoms with Gasteiger partial charge in [0.05, 0.1) is 0 Å². The minimum atomic E-state index is -4.93. The zero-order valence-corrected chi connectivity index (χ0v) is 7.92. The molecule has 1 rings (SSSR count). The van der Waals surface area contributed by atoms with Gasteiger partial charge >= 0.3 is 6.18 Å². The van der Waals surface area contributed by atoms with E-state index in [1.807, 2.05) is 0 Å². The van der Waals surface area contributed by atoms with Gasteiger partial charge in [-0.1, -0.05) is 18.2 Å². The van der Waals surface area contributed by atoms with Crippen LogP contribution in [0.4, 0.5) is 23.2 Å². The van der Waals surface area contributed by atoms with E-state index in [-0.39, 0.29) is 0 Å². The lowest BCUT2D eigenvalue weighted by Gasteiger charge is -2.14. The molecule has 0 aliphatic rings. The molecular formula is C10H9F4N. The average Bonchev–Trinajstić information content (AvgIpc) is 2.17. The summed E-state index contributed by atoms with van der Waals surface area (Å²) < 4.78 is 48.1. The standard InChI is InChI=1S/C10H9F4N/c1-15(7-9(11)10(12,13)14)8-5-3-2-4-6-8/h2-7H,1H3/b9-7-. The second kappa shape index (κ2) is 4.33. The molecule has 1 aromatic carbocycles. The van der Waals surface area contributed by atoms with Crippen molar-refractivity contribution in [2.45, 2.75) is 6.18 Å². The average molecular weight is 219 g/mol. The van der Waals surface area contributed by atoms with E-state index in [2.05, 4.69) is 0 Å². The number of hydrogen-bond donors (Lipinski definition) is 0. The molecule has 0 aliphatic carbocycles. The van der Waals surface area contributed by atoms with Crippen LogP contribution in [0, 0.1) is 0 Å². The molecule has 82 valence electrons. The summed E-state index contributed by atoms with van der Waals surface area (Å²) >= 11 is 0. The normalized spacial score (nSPS) is 12.7. The summed E-state index contributed by atoms with van der Waals surface area (Å²) in [6.07, 6.45) is -4.52. The highest BCUT2D eigenvalue weighted by atomic mass is 19.4. The van der Waals surface area contributed by atoms with Gasteiger partial charge in [-0.15, -0.1) is 0 Å². The molecule has 0 radical (unpaired) electrons. The van der Waals surface area contributed by atoms with Gasteiger partial charge in [0.2, 0.25) is 5.83 Å². The number of alkyl halides is 3. The minimum absolute atomic E-state index is 0.412. The second-order valence-corrected chi connectivity index (χ2v) is 2.92. The van der Waals surface area contributed by atoms with E-state index in [4.69, 9.17) is 0 Å². The largest absolute Gasteiger partial charge is 0.444 e. The SMILES string of the molecule is CN(/C=C(\F)C(F)(F)F)c1ccccc1. The summed E-state index contributed by atoms with van der Waals surface area (Å²) in [5.41, 5.74) is 0.483.